The molecule has 4 aliphatic rings. The van der Waals surface area contributed by atoms with Crippen molar-refractivity contribution in [1.82, 2.24) is 10.2 Å². The number of nitrogens with zero attached hydrogens (tertiary/aromatic N) is 1. The molecule has 2 atom stereocenters. The molecule has 2 heterocycles. The normalized spacial score (nSPS) is 23.9. The van der Waals surface area contributed by atoms with Crippen LogP contribution in [0.3, 0.4) is 0 Å². The summed E-state index contributed by atoms with van der Waals surface area (Å²) in [5.41, 5.74) is 5.36. The fraction of sp³-hybridized carbons (Fsp3) is 0.618. The highest BCUT2D eigenvalue weighted by atomic mass is 19.3. The summed E-state index contributed by atoms with van der Waals surface area (Å²) in [6.07, 6.45) is 12.8. The van der Waals surface area contributed by atoms with E-state index in [-0.39, 0.29) is 32.3 Å². The van der Waals surface area contributed by atoms with E-state index in [2.05, 4.69) is 42.8 Å². The maximum atomic E-state index is 12.8. The number of carbonyl (C=O) groups is 1. The van der Waals surface area contributed by atoms with Gasteiger partial charge in [-0.05, 0) is 67.9 Å². The maximum Gasteiger partial charge on any atom is 0.270 e. The third-order valence-electron chi connectivity index (χ3n) is 9.54. The summed E-state index contributed by atoms with van der Waals surface area (Å²) in [5, 5.41) is 12.6. The van der Waals surface area contributed by atoms with Crippen molar-refractivity contribution in [2.75, 3.05) is 26.2 Å². The summed E-state index contributed by atoms with van der Waals surface area (Å²) in [6, 6.07) is 6.07. The first kappa shape index (κ1) is 30.5. The average molecular weight is 559 g/mol. The van der Waals surface area contributed by atoms with Gasteiger partial charge < -0.3 is 15.3 Å². The molecule has 40 heavy (non-hydrogen) atoms. The number of piperidine rings is 1. The molecule has 0 radical (unpaired) electrons. The van der Waals surface area contributed by atoms with Gasteiger partial charge in [-0.2, -0.15) is 0 Å². The Morgan fingerprint density at radius 1 is 1.23 bits per heavy atom. The summed E-state index contributed by atoms with van der Waals surface area (Å²) < 4.78 is 25.6. The summed E-state index contributed by atoms with van der Waals surface area (Å²) in [5.74, 6) is -0.823. The second kappa shape index (κ2) is 12.6. The van der Waals surface area contributed by atoms with Crippen molar-refractivity contribution >= 4 is 5.91 Å². The highest BCUT2D eigenvalue weighted by molar-refractivity contribution is 5.81. The number of nitrogens with one attached hydrogen (secondary N) is 1. The van der Waals surface area contributed by atoms with Crippen LogP contribution in [0.15, 0.2) is 59.8 Å². The fourth-order valence-corrected chi connectivity index (χ4v) is 6.60. The first-order valence-corrected chi connectivity index (χ1v) is 15.1. The number of aliphatic hydroxyl groups excluding tert-OH is 1. The zero-order valence-corrected chi connectivity index (χ0v) is 24.8. The Morgan fingerprint density at radius 2 is 1.88 bits per heavy atom. The quantitative estimate of drug-likeness (QED) is 0.350. The van der Waals surface area contributed by atoms with Gasteiger partial charge in [0.15, 0.2) is 0 Å². The molecule has 4 nitrogen and oxygen atoms in total. The summed E-state index contributed by atoms with van der Waals surface area (Å²) in [6.45, 7) is 14.6. The van der Waals surface area contributed by atoms with Crippen LogP contribution in [0.1, 0.15) is 92.5 Å². The molecular weight excluding hydrogens is 506 g/mol. The Bertz CT molecular complexity index is 1110. The van der Waals surface area contributed by atoms with E-state index < -0.39 is 5.92 Å². The van der Waals surface area contributed by atoms with Crippen LogP contribution in [0, 0.1) is 23.2 Å². The van der Waals surface area contributed by atoms with Gasteiger partial charge in [0.05, 0.1) is 0 Å². The number of amides is 1. The van der Waals surface area contributed by atoms with Crippen molar-refractivity contribution in [3.8, 4) is 0 Å². The second-order valence-corrected chi connectivity index (χ2v) is 13.1. The molecule has 2 unspecified atom stereocenters. The number of rotatable bonds is 6. The van der Waals surface area contributed by atoms with Gasteiger partial charge in [0.1, 0.15) is 0 Å². The number of allylic oxidation sites excluding steroid dienone is 5. The average Bonchev–Trinajstić information content (AvgIpc) is 2.92. The van der Waals surface area contributed by atoms with Crippen molar-refractivity contribution in [3.05, 3.63) is 71.0 Å². The maximum absolute atomic E-state index is 12.8. The van der Waals surface area contributed by atoms with Crippen molar-refractivity contribution in [1.29, 1.82) is 0 Å². The van der Waals surface area contributed by atoms with Crippen LogP contribution in [-0.4, -0.2) is 42.2 Å². The Kier molecular flexibility index (Phi) is 9.59. The third-order valence-corrected chi connectivity index (χ3v) is 9.54. The van der Waals surface area contributed by atoms with Gasteiger partial charge in [-0.15, -0.1) is 0 Å². The lowest BCUT2D eigenvalue weighted by atomic mass is 9.66. The standard InChI is InChI=1S/C23H34N2O.C11H14F2O.2H2/c1-16-13-19(14-16)22(26)25-11-8-17(9-12-25)15-20-7-6-18-5-4-10-24-21(18)23(20,2)3;1-8(7-14)9-3-5-10(6-4-9)11(2,12)13;;/h6-7,17,19-20,24H,1,4-5,8-15H2,2-3H3;3-6,8,14H,7H2,1-2H3;2*1H. The Morgan fingerprint density at radius 3 is 2.45 bits per heavy atom. The van der Waals surface area contributed by atoms with E-state index in [1.54, 1.807) is 12.1 Å². The third kappa shape index (κ3) is 7.05. The molecule has 6 heteroatoms. The molecule has 1 amide bonds. The molecule has 1 saturated carbocycles. The van der Waals surface area contributed by atoms with Crippen molar-refractivity contribution in [2.45, 2.75) is 84.5 Å². The predicted octanol–water partition coefficient (Wildman–Crippen LogP) is 7.82. The van der Waals surface area contributed by atoms with Crippen LogP contribution in [-0.2, 0) is 10.7 Å². The second-order valence-electron chi connectivity index (χ2n) is 13.1. The minimum atomic E-state index is -2.79. The Hall–Kier alpha value is -2.47. The van der Waals surface area contributed by atoms with Crippen LogP contribution in [0.5, 0.6) is 0 Å². The Labute approximate surface area is 242 Å². The minimum absolute atomic E-state index is 0. The van der Waals surface area contributed by atoms with Gasteiger partial charge in [-0.1, -0.05) is 69.3 Å². The van der Waals surface area contributed by atoms with Crippen LogP contribution in [0.4, 0.5) is 8.78 Å². The lowest BCUT2D eigenvalue weighted by Crippen LogP contribution is -2.44. The first-order chi connectivity index (χ1) is 18.9. The highest BCUT2D eigenvalue weighted by Crippen LogP contribution is 2.46. The van der Waals surface area contributed by atoms with Gasteiger partial charge in [-0.3, -0.25) is 4.79 Å². The first-order valence-electron chi connectivity index (χ1n) is 15.1. The summed E-state index contributed by atoms with van der Waals surface area (Å²) in [7, 11) is 0. The molecule has 2 aliphatic carbocycles. The topological polar surface area (TPSA) is 52.6 Å². The van der Waals surface area contributed by atoms with E-state index in [1.807, 2.05) is 6.92 Å². The van der Waals surface area contributed by atoms with Crippen LogP contribution in [0.2, 0.25) is 0 Å². The lowest BCUT2D eigenvalue weighted by Gasteiger charge is -2.44. The lowest BCUT2D eigenvalue weighted by molar-refractivity contribution is -0.138. The molecule has 2 N–H and O–H groups in total. The van der Waals surface area contributed by atoms with E-state index in [9.17, 15) is 13.6 Å². The van der Waals surface area contributed by atoms with Crippen molar-refractivity contribution < 1.29 is 21.5 Å². The largest absolute Gasteiger partial charge is 0.396 e. The molecular formula is C34H52F2N2O2. The molecule has 1 aromatic rings. The van der Waals surface area contributed by atoms with Crippen LogP contribution in [0.25, 0.3) is 0 Å². The summed E-state index contributed by atoms with van der Waals surface area (Å²) in [4.78, 5) is 14.7. The number of aliphatic hydroxyl groups is 1. The SMILES string of the molecule is C=C1CC(C(=O)N2CCC(CC3C=CC4=C(NCCC4)C3(C)C)CC2)C1.CC(CO)c1ccc(C(C)(F)F)cc1.[HH].[HH]. The number of halogens is 2. The Balaban J connectivity index is 0.000000331. The highest BCUT2D eigenvalue weighted by Gasteiger charge is 2.39. The molecule has 2 aliphatic heterocycles. The monoisotopic (exact) mass is 558 g/mol. The van der Waals surface area contributed by atoms with Crippen molar-refractivity contribution in [3.63, 3.8) is 0 Å². The number of hydrogen-bond acceptors (Lipinski definition) is 3. The minimum Gasteiger partial charge on any atom is -0.396 e. The molecule has 0 spiro atoms. The van der Waals surface area contributed by atoms with Gasteiger partial charge in [0.2, 0.25) is 5.91 Å². The van der Waals surface area contributed by atoms with E-state index in [0.29, 0.717) is 11.8 Å². The molecule has 1 aromatic carbocycles. The molecule has 0 aromatic heterocycles. The molecule has 224 valence electrons. The van der Waals surface area contributed by atoms with Gasteiger partial charge in [-0.25, -0.2) is 8.78 Å². The molecule has 1 saturated heterocycles. The van der Waals surface area contributed by atoms with E-state index >= 15 is 0 Å². The zero-order chi connectivity index (χ0) is 29.1. The number of likely N-dealkylation sites (tertiary alicyclic amines) is 1. The van der Waals surface area contributed by atoms with Gasteiger partial charge in [0.25, 0.3) is 5.92 Å². The number of benzene rings is 1. The van der Waals surface area contributed by atoms with Crippen LogP contribution < -0.4 is 5.32 Å². The van der Waals surface area contributed by atoms with E-state index in [0.717, 1.165) is 50.9 Å². The summed E-state index contributed by atoms with van der Waals surface area (Å²) >= 11 is 0. The van der Waals surface area contributed by atoms with Gasteiger partial charge >= 0.3 is 0 Å². The molecule has 0 bridgehead atoms. The zero-order valence-electron chi connectivity index (χ0n) is 24.8. The fourth-order valence-electron chi connectivity index (χ4n) is 6.60. The van der Waals surface area contributed by atoms with Crippen molar-refractivity contribution in [2.24, 2.45) is 23.2 Å². The van der Waals surface area contributed by atoms with E-state index in [4.69, 9.17) is 5.11 Å². The van der Waals surface area contributed by atoms with Crippen LogP contribution >= 0.6 is 0 Å². The smallest absolute Gasteiger partial charge is 0.270 e. The molecule has 2 fully saturated rings. The number of alkyl halides is 2. The molecule has 5 rings (SSSR count). The van der Waals surface area contributed by atoms with E-state index in [1.165, 1.54) is 61.1 Å². The van der Waals surface area contributed by atoms with Gasteiger partial charge in [0, 0.05) is 64.5 Å². The predicted molar refractivity (Wildman–Crippen MR) is 162 cm³/mol. The number of hydrogen-bond donors (Lipinski definition) is 2. The number of carbonyl (C=O) groups excluding carboxylic acids is 1.